The third-order valence-corrected chi connectivity index (χ3v) is 4.31. The molecule has 1 fully saturated rings. The Morgan fingerprint density at radius 1 is 1.30 bits per heavy atom. The van der Waals surface area contributed by atoms with Crippen LogP contribution in [0.1, 0.15) is 24.2 Å². The number of urea groups is 1. The van der Waals surface area contributed by atoms with Crippen LogP contribution in [0.5, 0.6) is 0 Å². The second kappa shape index (κ2) is 7.18. The Morgan fingerprint density at radius 2 is 2.04 bits per heavy atom. The Morgan fingerprint density at radius 3 is 2.63 bits per heavy atom. The Kier molecular flexibility index (Phi) is 4.93. The smallest absolute Gasteiger partial charge is 0.329 e. The Hall–Kier alpha value is -3.23. The number of esters is 1. The third-order valence-electron chi connectivity index (χ3n) is 4.31. The molecule has 0 aliphatic carbocycles. The first kappa shape index (κ1) is 18.6. The fourth-order valence-corrected chi connectivity index (χ4v) is 3.02. The summed E-state index contributed by atoms with van der Waals surface area (Å²) in [5.74, 6) is -1.63. The van der Waals surface area contributed by atoms with Crippen LogP contribution in [0.4, 0.5) is 14.9 Å². The number of halogens is 1. The Bertz CT molecular complexity index is 924. The fraction of sp³-hybridized carbons (Fsp3) is 0.333. The van der Waals surface area contributed by atoms with Gasteiger partial charge in [-0.05, 0) is 38.5 Å². The number of hydrogen-bond donors (Lipinski definition) is 1. The molecule has 0 saturated carbocycles. The zero-order chi connectivity index (χ0) is 19.7. The highest BCUT2D eigenvalue weighted by Gasteiger charge is 2.39. The second-order valence-electron chi connectivity index (χ2n) is 6.27. The van der Waals surface area contributed by atoms with Crippen LogP contribution in [0.3, 0.4) is 0 Å². The summed E-state index contributed by atoms with van der Waals surface area (Å²) in [6.45, 7) is 3.61. The van der Waals surface area contributed by atoms with Gasteiger partial charge in [0.2, 0.25) is 0 Å². The van der Waals surface area contributed by atoms with Crippen LogP contribution in [0, 0.1) is 19.7 Å². The molecule has 9 heteroatoms. The highest BCUT2D eigenvalue weighted by atomic mass is 19.1. The zero-order valence-corrected chi connectivity index (χ0v) is 15.2. The van der Waals surface area contributed by atoms with Gasteiger partial charge in [-0.2, -0.15) is 5.10 Å². The number of aromatic nitrogens is 2. The molecule has 3 rings (SSSR count). The largest absolute Gasteiger partial charge is 0.469 e. The standard InChI is InChI=1S/C18H19FN4O4/c1-10-8-11(2)23(21-10)15-6-4-12(9-13(15)19)22-17(25)14(20-18(22)26)5-7-16(24)27-3/h4,6,8-9,14H,5,7H2,1-3H3,(H,20,26)/t14-/m1/s1. The predicted octanol–water partition coefficient (Wildman–Crippen LogP) is 2.01. The van der Waals surface area contributed by atoms with Crippen molar-refractivity contribution in [3.8, 4) is 5.69 Å². The Balaban J connectivity index is 1.83. The maximum absolute atomic E-state index is 14.6. The quantitative estimate of drug-likeness (QED) is 0.638. The van der Waals surface area contributed by atoms with Gasteiger partial charge < -0.3 is 10.1 Å². The number of carbonyl (C=O) groups excluding carboxylic acids is 3. The van der Waals surface area contributed by atoms with E-state index in [0.717, 1.165) is 22.4 Å². The van der Waals surface area contributed by atoms with Gasteiger partial charge in [-0.25, -0.2) is 18.8 Å². The predicted molar refractivity (Wildman–Crippen MR) is 94.1 cm³/mol. The lowest BCUT2D eigenvalue weighted by molar-refractivity contribution is -0.140. The van der Waals surface area contributed by atoms with Crippen molar-refractivity contribution in [1.29, 1.82) is 0 Å². The normalized spacial score (nSPS) is 16.6. The first-order chi connectivity index (χ1) is 12.8. The number of imide groups is 1. The molecule has 0 spiro atoms. The van der Waals surface area contributed by atoms with Crippen molar-refractivity contribution < 1.29 is 23.5 Å². The van der Waals surface area contributed by atoms with E-state index in [1.807, 2.05) is 6.07 Å². The molecule has 3 amide bonds. The first-order valence-corrected chi connectivity index (χ1v) is 8.36. The number of rotatable bonds is 5. The molecule has 1 aliphatic rings. The maximum atomic E-state index is 14.6. The number of anilines is 1. The highest BCUT2D eigenvalue weighted by Crippen LogP contribution is 2.26. The molecule has 0 bridgehead atoms. The molecule has 1 atom stereocenters. The molecule has 2 heterocycles. The summed E-state index contributed by atoms with van der Waals surface area (Å²) < 4.78 is 20.6. The van der Waals surface area contributed by atoms with Crippen molar-refractivity contribution in [2.75, 3.05) is 12.0 Å². The molecule has 1 aliphatic heterocycles. The lowest BCUT2D eigenvalue weighted by Gasteiger charge is -2.15. The summed E-state index contributed by atoms with van der Waals surface area (Å²) >= 11 is 0. The average molecular weight is 374 g/mol. The van der Waals surface area contributed by atoms with Crippen LogP contribution in [-0.2, 0) is 14.3 Å². The van der Waals surface area contributed by atoms with Crippen LogP contribution in [0.25, 0.3) is 5.69 Å². The minimum atomic E-state index is -0.852. The van der Waals surface area contributed by atoms with E-state index in [0.29, 0.717) is 0 Å². The van der Waals surface area contributed by atoms with Crippen molar-refractivity contribution >= 4 is 23.6 Å². The van der Waals surface area contributed by atoms with Crippen LogP contribution in [-0.4, -0.2) is 40.8 Å². The summed E-state index contributed by atoms with van der Waals surface area (Å²) in [6.07, 6.45) is 0.103. The van der Waals surface area contributed by atoms with Gasteiger partial charge in [0, 0.05) is 18.2 Å². The van der Waals surface area contributed by atoms with E-state index in [9.17, 15) is 18.8 Å². The van der Waals surface area contributed by atoms with Gasteiger partial charge in [-0.1, -0.05) is 0 Å². The minimum absolute atomic E-state index is 0.00769. The number of nitrogens with one attached hydrogen (secondary N) is 1. The van der Waals surface area contributed by atoms with Gasteiger partial charge in [-0.15, -0.1) is 0 Å². The molecule has 142 valence electrons. The molecular formula is C18H19FN4O4. The molecule has 1 N–H and O–H groups in total. The van der Waals surface area contributed by atoms with Gasteiger partial charge in [0.05, 0.1) is 18.5 Å². The number of methoxy groups -OCH3 is 1. The SMILES string of the molecule is COC(=O)CC[C@H]1NC(=O)N(c2ccc(-n3nc(C)cc3C)c(F)c2)C1=O. The van der Waals surface area contributed by atoms with Crippen molar-refractivity contribution in [1.82, 2.24) is 15.1 Å². The number of amides is 3. The van der Waals surface area contributed by atoms with Crippen molar-refractivity contribution in [3.05, 3.63) is 41.5 Å². The first-order valence-electron chi connectivity index (χ1n) is 8.36. The second-order valence-corrected chi connectivity index (χ2v) is 6.27. The maximum Gasteiger partial charge on any atom is 0.329 e. The average Bonchev–Trinajstić information content (AvgIpc) is 3.10. The van der Waals surface area contributed by atoms with Crippen molar-refractivity contribution in [2.24, 2.45) is 0 Å². The summed E-state index contributed by atoms with van der Waals surface area (Å²) in [5.41, 5.74) is 1.84. The van der Waals surface area contributed by atoms with E-state index >= 15 is 0 Å². The number of carbonyl (C=O) groups is 3. The molecule has 2 aromatic rings. The lowest BCUT2D eigenvalue weighted by atomic mass is 10.1. The minimum Gasteiger partial charge on any atom is -0.469 e. The molecular weight excluding hydrogens is 355 g/mol. The van der Waals surface area contributed by atoms with Crippen molar-refractivity contribution in [2.45, 2.75) is 32.7 Å². The topological polar surface area (TPSA) is 93.5 Å². The number of nitrogens with zero attached hydrogens (tertiary/aromatic N) is 3. The van der Waals surface area contributed by atoms with Gasteiger partial charge in [0.25, 0.3) is 5.91 Å². The molecule has 1 saturated heterocycles. The van der Waals surface area contributed by atoms with Crippen LogP contribution in [0.15, 0.2) is 24.3 Å². The highest BCUT2D eigenvalue weighted by molar-refractivity contribution is 6.21. The van der Waals surface area contributed by atoms with Crippen molar-refractivity contribution in [3.63, 3.8) is 0 Å². The van der Waals surface area contributed by atoms with Gasteiger partial charge in [0.1, 0.15) is 11.7 Å². The third kappa shape index (κ3) is 3.53. The van der Waals surface area contributed by atoms with Crippen LogP contribution < -0.4 is 10.2 Å². The molecule has 1 aromatic heterocycles. The molecule has 8 nitrogen and oxygen atoms in total. The van der Waals surface area contributed by atoms with Crippen LogP contribution >= 0.6 is 0 Å². The van der Waals surface area contributed by atoms with Crippen LogP contribution in [0.2, 0.25) is 0 Å². The van der Waals surface area contributed by atoms with Gasteiger partial charge in [-0.3, -0.25) is 9.59 Å². The fourth-order valence-electron chi connectivity index (χ4n) is 3.02. The molecule has 0 radical (unpaired) electrons. The summed E-state index contributed by atoms with van der Waals surface area (Å²) in [7, 11) is 1.25. The molecule has 27 heavy (non-hydrogen) atoms. The number of hydrogen-bond acceptors (Lipinski definition) is 5. The van der Waals surface area contributed by atoms with Gasteiger partial charge >= 0.3 is 12.0 Å². The van der Waals surface area contributed by atoms with E-state index in [-0.39, 0.29) is 24.2 Å². The number of aryl methyl sites for hydroxylation is 2. The zero-order valence-electron chi connectivity index (χ0n) is 15.2. The van der Waals surface area contributed by atoms with Gasteiger partial charge in [0.15, 0.2) is 5.82 Å². The molecule has 0 unspecified atom stereocenters. The number of benzene rings is 1. The van der Waals surface area contributed by atoms with E-state index in [2.05, 4.69) is 15.2 Å². The van der Waals surface area contributed by atoms with E-state index in [4.69, 9.17) is 0 Å². The van der Waals surface area contributed by atoms with E-state index in [1.54, 1.807) is 13.8 Å². The summed E-state index contributed by atoms with van der Waals surface area (Å²) in [4.78, 5) is 36.8. The van der Waals surface area contributed by atoms with E-state index < -0.39 is 29.8 Å². The lowest BCUT2D eigenvalue weighted by Crippen LogP contribution is -2.31. The summed E-state index contributed by atoms with van der Waals surface area (Å²) in [6, 6.07) is 4.37. The summed E-state index contributed by atoms with van der Waals surface area (Å²) in [5, 5.41) is 6.73. The van der Waals surface area contributed by atoms with E-state index in [1.165, 1.54) is 23.9 Å². The molecule has 1 aromatic carbocycles. The number of ether oxygens (including phenoxy) is 1. The Labute approximate surface area is 154 Å². The monoisotopic (exact) mass is 374 g/mol.